The smallest absolute Gasteiger partial charge is 0.399 e. The number of fused-ring (bicyclic) bond motifs is 1. The van der Waals surface area contributed by atoms with Crippen molar-refractivity contribution in [3.63, 3.8) is 0 Å². The summed E-state index contributed by atoms with van der Waals surface area (Å²) in [5.74, 6) is 1.02. The van der Waals surface area contributed by atoms with Gasteiger partial charge in [-0.3, -0.25) is 0 Å². The number of nitrogens with one attached hydrogen (secondary N) is 1. The number of rotatable bonds is 4. The zero-order chi connectivity index (χ0) is 24.0. The van der Waals surface area contributed by atoms with Gasteiger partial charge in [0.15, 0.2) is 0 Å². The van der Waals surface area contributed by atoms with Gasteiger partial charge < -0.3 is 20.5 Å². The highest BCUT2D eigenvalue weighted by Crippen LogP contribution is 2.46. The summed E-state index contributed by atoms with van der Waals surface area (Å²) in [6.45, 7) is 5.06. The van der Waals surface area contributed by atoms with E-state index in [1.165, 1.54) is 6.07 Å². The summed E-state index contributed by atoms with van der Waals surface area (Å²) < 4.78 is 53.4. The number of hydrogen-bond donors (Lipinski definition) is 2. The van der Waals surface area contributed by atoms with Crippen LogP contribution in [0.4, 0.5) is 24.7 Å². The summed E-state index contributed by atoms with van der Waals surface area (Å²) in [7, 11) is -0.511. The van der Waals surface area contributed by atoms with Crippen molar-refractivity contribution >= 4 is 34.9 Å². The third-order valence-corrected chi connectivity index (χ3v) is 9.17. The van der Waals surface area contributed by atoms with E-state index in [9.17, 15) is 17.7 Å². The first-order chi connectivity index (χ1) is 15.4. The minimum atomic E-state index is -4.49. The zero-order valence-corrected chi connectivity index (χ0v) is 19.7. The molecule has 3 aromatic rings. The van der Waals surface area contributed by atoms with Crippen LogP contribution in [-0.4, -0.2) is 47.3 Å². The molecule has 2 heterocycles. The monoisotopic (exact) mass is 477 g/mol. The highest BCUT2D eigenvalue weighted by Gasteiger charge is 2.32. The molecule has 1 aliphatic heterocycles. The molecule has 10 heteroatoms. The Morgan fingerprint density at radius 1 is 1.12 bits per heavy atom. The van der Waals surface area contributed by atoms with Crippen molar-refractivity contribution < 1.29 is 17.7 Å². The molecule has 0 saturated carbocycles. The van der Waals surface area contributed by atoms with Crippen LogP contribution < -0.4 is 16.4 Å². The largest absolute Gasteiger partial charge is 0.416 e. The van der Waals surface area contributed by atoms with Gasteiger partial charge in [-0.05, 0) is 62.9 Å². The molecule has 1 saturated heterocycles. The van der Waals surface area contributed by atoms with E-state index >= 15 is 0 Å². The zero-order valence-electron chi connectivity index (χ0n) is 18.8. The molecule has 1 aliphatic rings. The van der Waals surface area contributed by atoms with Crippen LogP contribution in [0.2, 0.25) is 0 Å². The van der Waals surface area contributed by atoms with Gasteiger partial charge >= 0.3 is 6.18 Å². The summed E-state index contributed by atoms with van der Waals surface area (Å²) >= 11 is 0. The van der Waals surface area contributed by atoms with Crippen molar-refractivity contribution in [1.82, 2.24) is 14.9 Å². The van der Waals surface area contributed by atoms with Crippen LogP contribution >= 0.6 is 7.14 Å². The number of benzene rings is 2. The molecule has 1 atom stereocenters. The second-order valence-corrected chi connectivity index (χ2v) is 11.9. The van der Waals surface area contributed by atoms with E-state index in [-0.39, 0.29) is 5.69 Å². The number of nitrogen functional groups attached to an aromatic ring is 1. The number of hydrogen-bond acceptors (Lipinski definition) is 6. The van der Waals surface area contributed by atoms with Crippen molar-refractivity contribution in [3.05, 3.63) is 53.3 Å². The van der Waals surface area contributed by atoms with Crippen LogP contribution in [0.25, 0.3) is 10.9 Å². The average molecular weight is 477 g/mol. The number of aromatic nitrogens is 2. The number of aryl methyl sites for hydroxylation is 1. The molecule has 6 nitrogen and oxygen atoms in total. The molecule has 0 radical (unpaired) electrons. The van der Waals surface area contributed by atoms with Crippen LogP contribution in [0.3, 0.4) is 0 Å². The maximum atomic E-state index is 13.6. The molecule has 0 aliphatic carbocycles. The first-order valence-electron chi connectivity index (χ1n) is 10.7. The highest BCUT2D eigenvalue weighted by molar-refractivity contribution is 7.71. The second kappa shape index (κ2) is 8.61. The van der Waals surface area contributed by atoms with Gasteiger partial charge in [-0.15, -0.1) is 0 Å². The first-order valence-corrected chi connectivity index (χ1v) is 12.8. The Morgan fingerprint density at radius 2 is 1.82 bits per heavy atom. The van der Waals surface area contributed by atoms with Crippen LogP contribution in [-0.2, 0) is 10.7 Å². The maximum Gasteiger partial charge on any atom is 0.416 e. The predicted molar refractivity (Wildman–Crippen MR) is 127 cm³/mol. The van der Waals surface area contributed by atoms with Gasteiger partial charge in [0.25, 0.3) is 0 Å². The van der Waals surface area contributed by atoms with Crippen molar-refractivity contribution in [2.45, 2.75) is 26.1 Å². The number of anilines is 2. The quantitative estimate of drug-likeness (QED) is 0.421. The van der Waals surface area contributed by atoms with E-state index in [0.717, 1.165) is 30.5 Å². The van der Waals surface area contributed by atoms with Crippen LogP contribution in [0.1, 0.15) is 29.9 Å². The third-order valence-electron chi connectivity index (χ3n) is 6.11. The van der Waals surface area contributed by atoms with E-state index in [2.05, 4.69) is 20.2 Å². The minimum absolute atomic E-state index is 0.0415. The van der Waals surface area contributed by atoms with E-state index in [0.29, 0.717) is 40.4 Å². The van der Waals surface area contributed by atoms with Gasteiger partial charge in [-0.1, -0.05) is 0 Å². The SMILES string of the molecule is Cc1nc(N[C@H](C)c2cc(N)cc(C(F)(F)F)c2)c2cc(P3(=O)CCN(C)CC3)ccc2n1. The number of halogens is 3. The molecule has 1 fully saturated rings. The number of alkyl halides is 3. The lowest BCUT2D eigenvalue weighted by Gasteiger charge is -2.29. The van der Waals surface area contributed by atoms with Gasteiger partial charge in [-0.25, -0.2) is 9.97 Å². The van der Waals surface area contributed by atoms with Crippen LogP contribution in [0, 0.1) is 6.92 Å². The van der Waals surface area contributed by atoms with Gasteiger partial charge in [-0.2, -0.15) is 13.2 Å². The molecule has 2 aromatic carbocycles. The van der Waals surface area contributed by atoms with E-state index < -0.39 is 24.9 Å². The van der Waals surface area contributed by atoms with Crippen molar-refractivity contribution in [2.24, 2.45) is 0 Å². The van der Waals surface area contributed by atoms with Gasteiger partial charge in [0.1, 0.15) is 18.8 Å². The van der Waals surface area contributed by atoms with Crippen molar-refractivity contribution in [3.8, 4) is 0 Å². The van der Waals surface area contributed by atoms with Crippen LogP contribution in [0.5, 0.6) is 0 Å². The summed E-state index contributed by atoms with van der Waals surface area (Å²) in [5, 5.41) is 4.71. The molecule has 33 heavy (non-hydrogen) atoms. The highest BCUT2D eigenvalue weighted by atomic mass is 31.2. The minimum Gasteiger partial charge on any atom is -0.399 e. The normalized spacial score (nSPS) is 17.8. The molecule has 0 amide bonds. The fraction of sp³-hybridized carbons (Fsp3) is 0.391. The summed E-state index contributed by atoms with van der Waals surface area (Å²) in [6.07, 6.45) is -3.26. The lowest BCUT2D eigenvalue weighted by molar-refractivity contribution is -0.137. The van der Waals surface area contributed by atoms with E-state index in [4.69, 9.17) is 5.73 Å². The lowest BCUT2D eigenvalue weighted by atomic mass is 10.0. The van der Waals surface area contributed by atoms with Gasteiger partial charge in [0.05, 0.1) is 17.1 Å². The first kappa shape index (κ1) is 23.5. The Labute approximate surface area is 190 Å². The Morgan fingerprint density at radius 3 is 2.48 bits per heavy atom. The second-order valence-electron chi connectivity index (χ2n) is 8.71. The van der Waals surface area contributed by atoms with E-state index in [1.807, 2.05) is 25.2 Å². The predicted octanol–water partition coefficient (Wildman–Crippen LogP) is 4.65. The van der Waals surface area contributed by atoms with Gasteiger partial charge in [0.2, 0.25) is 0 Å². The molecule has 176 valence electrons. The van der Waals surface area contributed by atoms with Crippen LogP contribution in [0.15, 0.2) is 36.4 Å². The number of nitrogens with zero attached hydrogens (tertiary/aromatic N) is 3. The molecular weight excluding hydrogens is 450 g/mol. The maximum absolute atomic E-state index is 13.6. The van der Waals surface area contributed by atoms with E-state index in [1.54, 1.807) is 13.8 Å². The molecule has 4 rings (SSSR count). The molecule has 1 aromatic heterocycles. The fourth-order valence-electron chi connectivity index (χ4n) is 4.12. The van der Waals surface area contributed by atoms with Crippen molar-refractivity contribution in [1.29, 1.82) is 0 Å². The molecule has 0 spiro atoms. The summed E-state index contributed by atoms with van der Waals surface area (Å²) in [4.78, 5) is 11.2. The summed E-state index contributed by atoms with van der Waals surface area (Å²) in [6, 6.07) is 8.62. The molecular formula is C23H27F3N5OP. The standard InChI is InChI=1S/C23H27F3N5OP/c1-14(16-10-17(23(24,25)26)12-18(27)11-16)28-22-20-13-19(4-5-21(20)29-15(2)30-22)33(32)8-6-31(3)7-9-33/h4-5,10-14H,6-9,27H2,1-3H3,(H,28,29,30)/t14-/m1/s1. The van der Waals surface area contributed by atoms with Gasteiger partial charge in [0, 0.05) is 41.8 Å². The summed E-state index contributed by atoms with van der Waals surface area (Å²) in [5.41, 5.74) is 6.07. The molecule has 0 bridgehead atoms. The topological polar surface area (TPSA) is 84.1 Å². The fourth-order valence-corrected chi connectivity index (χ4v) is 6.90. The Bertz CT molecular complexity index is 1230. The Hall–Kier alpha value is -2.64. The Balaban J connectivity index is 1.72. The molecule has 0 unspecified atom stereocenters. The third kappa shape index (κ3) is 4.99. The lowest BCUT2D eigenvalue weighted by Crippen LogP contribution is -2.34. The Kier molecular flexibility index (Phi) is 6.14. The number of nitrogens with two attached hydrogens (primary N) is 1. The molecule has 3 N–H and O–H groups in total. The average Bonchev–Trinajstić information content (AvgIpc) is 2.74. The van der Waals surface area contributed by atoms with Crippen molar-refractivity contribution in [2.75, 3.05) is 43.5 Å².